The number of hydrogen-bond donors (Lipinski definition) is 1. The van der Waals surface area contributed by atoms with Crippen LogP contribution in [0.5, 0.6) is 5.75 Å². The van der Waals surface area contributed by atoms with Crippen molar-refractivity contribution < 1.29 is 9.53 Å². The second-order valence-electron chi connectivity index (χ2n) is 8.53. The van der Waals surface area contributed by atoms with E-state index in [1.165, 1.54) is 11.1 Å². The highest BCUT2D eigenvalue weighted by Crippen LogP contribution is 2.30. The summed E-state index contributed by atoms with van der Waals surface area (Å²) >= 11 is 0. The largest absolute Gasteiger partial charge is 0.496 e. The summed E-state index contributed by atoms with van der Waals surface area (Å²) in [7, 11) is 1.59. The van der Waals surface area contributed by atoms with Gasteiger partial charge in [-0.3, -0.25) is 14.7 Å². The number of rotatable bonds is 7. The number of aryl methyl sites for hydroxylation is 1. The van der Waals surface area contributed by atoms with Crippen LogP contribution in [0.2, 0.25) is 0 Å². The lowest BCUT2D eigenvalue weighted by molar-refractivity contribution is 0.0872. The molecule has 0 radical (unpaired) electrons. The minimum absolute atomic E-state index is 0.131. The Bertz CT molecular complexity index is 1040. The molecular formula is C27H31N3O2. The normalized spacial score (nSPS) is 17.5. The van der Waals surface area contributed by atoms with Crippen molar-refractivity contribution in [2.75, 3.05) is 20.2 Å². The van der Waals surface area contributed by atoms with E-state index in [0.717, 1.165) is 38.2 Å². The lowest BCUT2D eigenvalue weighted by Gasteiger charge is -2.37. The summed E-state index contributed by atoms with van der Waals surface area (Å²) < 4.78 is 5.41. The fourth-order valence-corrected chi connectivity index (χ4v) is 4.62. The number of aromatic nitrogens is 1. The maximum atomic E-state index is 13.2. The monoisotopic (exact) mass is 429 g/mol. The van der Waals surface area contributed by atoms with Crippen LogP contribution in [0.4, 0.5) is 0 Å². The molecule has 1 aromatic heterocycles. The molecule has 1 aliphatic heterocycles. The van der Waals surface area contributed by atoms with Crippen LogP contribution in [0, 0.1) is 12.8 Å². The molecular weight excluding hydrogens is 398 g/mol. The van der Waals surface area contributed by atoms with Crippen molar-refractivity contribution in [1.29, 1.82) is 0 Å². The SMILES string of the molecule is COc1ccccc1C(=O)N[C@@H](c1ccccn1)[C@@H]1CCCN(Cc2cccc(C)c2)C1. The van der Waals surface area contributed by atoms with E-state index in [-0.39, 0.29) is 17.9 Å². The Hall–Kier alpha value is -3.18. The summed E-state index contributed by atoms with van der Waals surface area (Å²) in [4.78, 5) is 20.3. The Balaban J connectivity index is 1.54. The van der Waals surface area contributed by atoms with Gasteiger partial charge in [-0.2, -0.15) is 0 Å². The van der Waals surface area contributed by atoms with E-state index < -0.39 is 0 Å². The van der Waals surface area contributed by atoms with Gasteiger partial charge in [-0.05, 0) is 62.1 Å². The van der Waals surface area contributed by atoms with Crippen LogP contribution in [-0.4, -0.2) is 36.0 Å². The van der Waals surface area contributed by atoms with Crippen LogP contribution in [0.3, 0.4) is 0 Å². The fourth-order valence-electron chi connectivity index (χ4n) is 4.62. The standard InChI is InChI=1S/C27H31N3O2/c1-20-9-7-10-21(17-20)18-30-16-8-11-22(19-30)26(24-13-5-6-15-28-24)29-27(31)23-12-3-4-14-25(23)32-2/h3-7,9-10,12-15,17,22,26H,8,11,16,18-19H2,1-2H3,(H,29,31)/t22-,26-/m1/s1. The number of piperidine rings is 1. The van der Waals surface area contributed by atoms with Gasteiger partial charge in [0.15, 0.2) is 0 Å². The van der Waals surface area contributed by atoms with Crippen LogP contribution in [0.1, 0.15) is 46.1 Å². The first-order valence-electron chi connectivity index (χ1n) is 11.3. The Morgan fingerprint density at radius 2 is 2.00 bits per heavy atom. The summed E-state index contributed by atoms with van der Waals surface area (Å²) in [5.41, 5.74) is 4.06. The molecule has 1 N–H and O–H groups in total. The number of nitrogens with one attached hydrogen (secondary N) is 1. The number of nitrogens with zero attached hydrogens (tertiary/aromatic N) is 2. The third-order valence-corrected chi connectivity index (χ3v) is 6.15. The topological polar surface area (TPSA) is 54.5 Å². The molecule has 4 rings (SSSR count). The molecule has 2 heterocycles. The van der Waals surface area contributed by atoms with Crippen LogP contribution < -0.4 is 10.1 Å². The summed E-state index contributed by atoms with van der Waals surface area (Å²) in [6.07, 6.45) is 3.95. The zero-order valence-corrected chi connectivity index (χ0v) is 18.8. The van der Waals surface area contributed by atoms with Crippen LogP contribution in [0.25, 0.3) is 0 Å². The quantitative estimate of drug-likeness (QED) is 0.587. The lowest BCUT2D eigenvalue weighted by atomic mass is 9.88. The van der Waals surface area contributed by atoms with E-state index in [1.807, 2.05) is 36.4 Å². The Labute approximate surface area is 190 Å². The van der Waals surface area contributed by atoms with Gasteiger partial charge in [-0.1, -0.05) is 48.0 Å². The second-order valence-corrected chi connectivity index (χ2v) is 8.53. The van der Waals surface area contributed by atoms with Gasteiger partial charge in [-0.25, -0.2) is 0 Å². The smallest absolute Gasteiger partial charge is 0.255 e. The molecule has 1 amide bonds. The number of methoxy groups -OCH3 is 1. The minimum Gasteiger partial charge on any atom is -0.496 e. The first kappa shape index (κ1) is 22.0. The first-order chi connectivity index (χ1) is 15.6. The number of carbonyl (C=O) groups is 1. The Morgan fingerprint density at radius 3 is 2.78 bits per heavy atom. The lowest BCUT2D eigenvalue weighted by Crippen LogP contribution is -2.43. The van der Waals surface area contributed by atoms with Gasteiger partial charge in [-0.15, -0.1) is 0 Å². The van der Waals surface area contributed by atoms with Crippen molar-refractivity contribution in [3.05, 3.63) is 95.3 Å². The zero-order valence-electron chi connectivity index (χ0n) is 18.8. The van der Waals surface area contributed by atoms with Crippen molar-refractivity contribution in [3.8, 4) is 5.75 Å². The number of carbonyl (C=O) groups excluding carboxylic acids is 1. The van der Waals surface area contributed by atoms with Gasteiger partial charge in [0.25, 0.3) is 5.91 Å². The molecule has 0 unspecified atom stereocenters. The number of hydrogen-bond acceptors (Lipinski definition) is 4. The zero-order chi connectivity index (χ0) is 22.3. The van der Waals surface area contributed by atoms with Crippen LogP contribution in [-0.2, 0) is 6.54 Å². The number of amides is 1. The van der Waals surface area contributed by atoms with E-state index >= 15 is 0 Å². The predicted molar refractivity (Wildman–Crippen MR) is 127 cm³/mol. The Kier molecular flexibility index (Phi) is 7.17. The highest BCUT2D eigenvalue weighted by molar-refractivity contribution is 5.97. The maximum absolute atomic E-state index is 13.2. The van der Waals surface area contributed by atoms with Crippen molar-refractivity contribution in [2.24, 2.45) is 5.92 Å². The average Bonchev–Trinajstić information content (AvgIpc) is 2.83. The number of benzene rings is 2. The van der Waals surface area contributed by atoms with Crippen LogP contribution in [0.15, 0.2) is 72.9 Å². The molecule has 1 aliphatic rings. The second kappa shape index (κ2) is 10.4. The molecule has 1 saturated heterocycles. The molecule has 0 saturated carbocycles. The van der Waals surface area contributed by atoms with Gasteiger partial charge in [0.1, 0.15) is 5.75 Å². The fraction of sp³-hybridized carbons (Fsp3) is 0.333. The maximum Gasteiger partial charge on any atom is 0.255 e. The predicted octanol–water partition coefficient (Wildman–Crippen LogP) is 4.78. The third kappa shape index (κ3) is 5.35. The number of para-hydroxylation sites is 1. The van der Waals surface area contributed by atoms with Crippen molar-refractivity contribution in [2.45, 2.75) is 32.4 Å². The molecule has 0 aliphatic carbocycles. The van der Waals surface area contributed by atoms with Gasteiger partial charge >= 0.3 is 0 Å². The molecule has 0 bridgehead atoms. The highest BCUT2D eigenvalue weighted by Gasteiger charge is 2.31. The number of ether oxygens (including phenoxy) is 1. The van der Waals surface area contributed by atoms with Crippen molar-refractivity contribution >= 4 is 5.91 Å². The molecule has 32 heavy (non-hydrogen) atoms. The molecule has 3 aromatic rings. The van der Waals surface area contributed by atoms with Gasteiger partial charge in [0.2, 0.25) is 0 Å². The molecule has 5 heteroatoms. The van der Waals surface area contributed by atoms with Gasteiger partial charge < -0.3 is 10.1 Å². The summed E-state index contributed by atoms with van der Waals surface area (Å²) in [6.45, 7) is 5.04. The molecule has 5 nitrogen and oxygen atoms in total. The summed E-state index contributed by atoms with van der Waals surface area (Å²) in [6, 6.07) is 21.8. The summed E-state index contributed by atoms with van der Waals surface area (Å²) in [5, 5.41) is 3.28. The molecule has 1 fully saturated rings. The van der Waals surface area contributed by atoms with E-state index in [9.17, 15) is 4.79 Å². The average molecular weight is 430 g/mol. The van der Waals surface area contributed by atoms with E-state index in [4.69, 9.17) is 4.74 Å². The number of pyridine rings is 1. The third-order valence-electron chi connectivity index (χ3n) is 6.15. The molecule has 2 aromatic carbocycles. The molecule has 0 spiro atoms. The van der Waals surface area contributed by atoms with E-state index in [2.05, 4.69) is 46.4 Å². The van der Waals surface area contributed by atoms with E-state index in [0.29, 0.717) is 11.3 Å². The highest BCUT2D eigenvalue weighted by atomic mass is 16.5. The van der Waals surface area contributed by atoms with Gasteiger partial charge in [0.05, 0.1) is 24.4 Å². The first-order valence-corrected chi connectivity index (χ1v) is 11.3. The number of likely N-dealkylation sites (tertiary alicyclic amines) is 1. The molecule has 166 valence electrons. The van der Waals surface area contributed by atoms with Crippen molar-refractivity contribution in [3.63, 3.8) is 0 Å². The Morgan fingerprint density at radius 1 is 1.16 bits per heavy atom. The van der Waals surface area contributed by atoms with Gasteiger partial charge in [0, 0.05) is 19.3 Å². The molecule has 2 atom stereocenters. The minimum atomic E-state index is -0.158. The van der Waals surface area contributed by atoms with E-state index in [1.54, 1.807) is 19.4 Å². The van der Waals surface area contributed by atoms with Crippen LogP contribution >= 0.6 is 0 Å². The summed E-state index contributed by atoms with van der Waals surface area (Å²) in [5.74, 6) is 0.727. The van der Waals surface area contributed by atoms with Crippen molar-refractivity contribution in [1.82, 2.24) is 15.2 Å².